The Balaban J connectivity index is 0.812. The van der Waals surface area contributed by atoms with Gasteiger partial charge in [0, 0.05) is 112 Å². The first-order chi connectivity index (χ1) is 28.7. The zero-order valence-corrected chi connectivity index (χ0v) is 33.3. The number of carbonyl (C=O) groups is 5. The Kier molecular flexibility index (Phi) is 10.6. The standard InChI is InChI=1S/C45H48N8O6/c1-28(54)51-22-23-52-39(27-51)41(49-42(52)31-17-24-59-25-18-31)33-8-5-10-37-32(33)11-12-36(47-37)30-15-20-50(21-16-30)45(58)46-19-3-2-6-29-7-4-9-34-35(29)26-53(44(34)57)38-13-14-40(55)48-43(38)56/h4-5,7-12,30-31,38H,3,13-27H2,1H3,(H,46,58)(H,48,55,56). The summed E-state index contributed by atoms with van der Waals surface area (Å²) in [6.45, 7) is 6.97. The number of amides is 6. The Morgan fingerprint density at radius 1 is 0.864 bits per heavy atom. The highest BCUT2D eigenvalue weighted by Gasteiger charge is 2.40. The molecule has 6 amide bonds. The number of nitrogens with one attached hydrogen (secondary N) is 2. The summed E-state index contributed by atoms with van der Waals surface area (Å²) in [5.41, 5.74) is 7.01. The number of hydrogen-bond donors (Lipinski definition) is 2. The van der Waals surface area contributed by atoms with Crippen LogP contribution in [0.1, 0.15) is 102 Å². The predicted molar refractivity (Wildman–Crippen MR) is 218 cm³/mol. The Morgan fingerprint density at radius 2 is 1.66 bits per heavy atom. The molecule has 5 aliphatic rings. The molecule has 14 heteroatoms. The molecule has 3 fully saturated rings. The molecule has 0 bridgehead atoms. The van der Waals surface area contributed by atoms with E-state index >= 15 is 0 Å². The van der Waals surface area contributed by atoms with Gasteiger partial charge in [-0.2, -0.15) is 0 Å². The van der Waals surface area contributed by atoms with Crippen LogP contribution in [0.15, 0.2) is 48.5 Å². The molecule has 4 aromatic rings. The van der Waals surface area contributed by atoms with Gasteiger partial charge in [-0.1, -0.05) is 36.1 Å². The number of aromatic nitrogens is 3. The fourth-order valence-electron chi connectivity index (χ4n) is 9.33. The van der Waals surface area contributed by atoms with Crippen molar-refractivity contribution in [3.63, 3.8) is 0 Å². The van der Waals surface area contributed by atoms with Crippen molar-refractivity contribution in [2.45, 2.75) is 89.4 Å². The molecule has 5 aliphatic heterocycles. The fourth-order valence-corrected chi connectivity index (χ4v) is 9.33. The monoisotopic (exact) mass is 796 g/mol. The van der Waals surface area contributed by atoms with Crippen molar-refractivity contribution < 1.29 is 28.7 Å². The minimum atomic E-state index is -0.677. The molecule has 2 N–H and O–H groups in total. The molecule has 7 heterocycles. The van der Waals surface area contributed by atoms with Gasteiger partial charge in [-0.25, -0.2) is 9.78 Å². The number of imide groups is 1. The van der Waals surface area contributed by atoms with Gasteiger partial charge in [0.05, 0.1) is 23.4 Å². The van der Waals surface area contributed by atoms with Crippen LogP contribution in [0.4, 0.5) is 4.79 Å². The quantitative estimate of drug-likeness (QED) is 0.165. The summed E-state index contributed by atoms with van der Waals surface area (Å²) in [6.07, 6.45) is 4.45. The van der Waals surface area contributed by atoms with Crippen LogP contribution in [-0.2, 0) is 38.8 Å². The minimum absolute atomic E-state index is 0.0731. The molecule has 3 saturated heterocycles. The van der Waals surface area contributed by atoms with Crippen molar-refractivity contribution in [2.24, 2.45) is 0 Å². The van der Waals surface area contributed by atoms with Crippen LogP contribution >= 0.6 is 0 Å². The van der Waals surface area contributed by atoms with E-state index in [-0.39, 0.29) is 42.6 Å². The molecule has 1 unspecified atom stereocenters. The number of carbonyl (C=O) groups excluding carboxylic acids is 5. The lowest BCUT2D eigenvalue weighted by Crippen LogP contribution is -2.52. The van der Waals surface area contributed by atoms with Crippen molar-refractivity contribution >= 4 is 40.6 Å². The first-order valence-electron chi connectivity index (χ1n) is 20.8. The smallest absolute Gasteiger partial charge is 0.317 e. The third kappa shape index (κ3) is 7.55. The lowest BCUT2D eigenvalue weighted by molar-refractivity contribution is -0.137. The molecule has 9 rings (SSSR count). The number of rotatable bonds is 6. The normalized spacial score (nSPS) is 19.9. The zero-order valence-electron chi connectivity index (χ0n) is 33.3. The van der Waals surface area contributed by atoms with Crippen LogP contribution in [0.2, 0.25) is 0 Å². The third-order valence-corrected chi connectivity index (χ3v) is 12.6. The highest BCUT2D eigenvalue weighted by atomic mass is 16.5. The molecule has 2 aromatic carbocycles. The first-order valence-corrected chi connectivity index (χ1v) is 20.8. The van der Waals surface area contributed by atoms with E-state index in [1.807, 2.05) is 21.9 Å². The van der Waals surface area contributed by atoms with E-state index in [0.29, 0.717) is 57.0 Å². The van der Waals surface area contributed by atoms with E-state index in [1.54, 1.807) is 19.1 Å². The van der Waals surface area contributed by atoms with Crippen LogP contribution in [0.5, 0.6) is 0 Å². The number of nitrogens with zero attached hydrogens (tertiary/aromatic N) is 6. The summed E-state index contributed by atoms with van der Waals surface area (Å²) in [4.78, 5) is 78.5. The van der Waals surface area contributed by atoms with Crippen molar-refractivity contribution in [3.8, 4) is 23.1 Å². The second-order valence-corrected chi connectivity index (χ2v) is 16.1. The zero-order chi connectivity index (χ0) is 40.6. The van der Waals surface area contributed by atoms with Gasteiger partial charge >= 0.3 is 6.03 Å². The maximum absolute atomic E-state index is 13.1. The van der Waals surface area contributed by atoms with Crippen LogP contribution in [0.25, 0.3) is 22.2 Å². The second kappa shape index (κ2) is 16.3. The van der Waals surface area contributed by atoms with Crippen LogP contribution in [0.3, 0.4) is 0 Å². The molecule has 0 aliphatic carbocycles. The highest BCUT2D eigenvalue weighted by Crippen LogP contribution is 2.38. The number of fused-ring (bicyclic) bond motifs is 3. The largest absolute Gasteiger partial charge is 0.381 e. The summed E-state index contributed by atoms with van der Waals surface area (Å²) >= 11 is 0. The van der Waals surface area contributed by atoms with Crippen molar-refractivity contribution in [1.82, 2.24) is 39.9 Å². The predicted octanol–water partition coefficient (Wildman–Crippen LogP) is 4.45. The highest BCUT2D eigenvalue weighted by molar-refractivity contribution is 6.05. The van der Waals surface area contributed by atoms with Gasteiger partial charge in [-0.05, 0) is 61.9 Å². The van der Waals surface area contributed by atoms with E-state index in [1.165, 1.54) is 4.90 Å². The van der Waals surface area contributed by atoms with Gasteiger partial charge in [-0.3, -0.25) is 29.5 Å². The average molecular weight is 797 g/mol. The fraction of sp³-hybridized carbons (Fsp3) is 0.444. The second-order valence-electron chi connectivity index (χ2n) is 16.1. The Bertz CT molecular complexity index is 2420. The Labute approximate surface area is 342 Å². The SMILES string of the molecule is CC(=O)N1CCn2c(C3CCOCC3)nc(-c3cccc4nc(C5CCN(C(=O)NCCC#Cc6cccc7c6CN(C6CCC(=O)NC6=O)C7=O)CC5)ccc34)c2C1. The lowest BCUT2D eigenvalue weighted by Gasteiger charge is -2.32. The van der Waals surface area contributed by atoms with E-state index in [0.717, 1.165) is 95.9 Å². The van der Waals surface area contributed by atoms with E-state index < -0.39 is 11.9 Å². The van der Waals surface area contributed by atoms with Crippen molar-refractivity contribution in [1.29, 1.82) is 0 Å². The number of pyridine rings is 1. The van der Waals surface area contributed by atoms with Crippen LogP contribution in [-0.4, -0.2) is 104 Å². The summed E-state index contributed by atoms with van der Waals surface area (Å²) in [5.74, 6) is 7.05. The summed E-state index contributed by atoms with van der Waals surface area (Å²) < 4.78 is 8.01. The maximum Gasteiger partial charge on any atom is 0.317 e. The Hall–Kier alpha value is -6.07. The molecule has 14 nitrogen and oxygen atoms in total. The number of benzene rings is 2. The topological polar surface area (TPSA) is 159 Å². The number of likely N-dealkylation sites (tertiary alicyclic amines) is 1. The van der Waals surface area contributed by atoms with Gasteiger partial charge < -0.3 is 29.3 Å². The van der Waals surface area contributed by atoms with E-state index in [2.05, 4.69) is 51.3 Å². The van der Waals surface area contributed by atoms with Gasteiger partial charge in [0.15, 0.2) is 0 Å². The lowest BCUT2D eigenvalue weighted by atomic mass is 9.92. The van der Waals surface area contributed by atoms with Gasteiger partial charge in [0.25, 0.3) is 5.91 Å². The Morgan fingerprint density at radius 3 is 2.46 bits per heavy atom. The van der Waals surface area contributed by atoms with E-state index in [4.69, 9.17) is 14.7 Å². The van der Waals surface area contributed by atoms with Crippen molar-refractivity contribution in [3.05, 3.63) is 82.4 Å². The van der Waals surface area contributed by atoms with Crippen molar-refractivity contribution in [2.75, 3.05) is 39.4 Å². The molecule has 0 spiro atoms. The first kappa shape index (κ1) is 38.4. The molecule has 1 atom stereocenters. The number of piperidine rings is 2. The number of imidazole rings is 1. The number of ether oxygens (including phenoxy) is 1. The van der Waals surface area contributed by atoms with Gasteiger partial charge in [-0.15, -0.1) is 0 Å². The molecular formula is C45H48N8O6. The number of urea groups is 1. The average Bonchev–Trinajstić information content (AvgIpc) is 3.81. The third-order valence-electron chi connectivity index (χ3n) is 12.6. The maximum atomic E-state index is 13.1. The summed E-state index contributed by atoms with van der Waals surface area (Å²) in [6, 6.07) is 15.1. The molecule has 0 saturated carbocycles. The molecule has 59 heavy (non-hydrogen) atoms. The van der Waals surface area contributed by atoms with Gasteiger partial charge in [0.2, 0.25) is 17.7 Å². The van der Waals surface area contributed by atoms with E-state index in [9.17, 15) is 24.0 Å². The van der Waals surface area contributed by atoms with Crippen LogP contribution in [0, 0.1) is 11.8 Å². The summed E-state index contributed by atoms with van der Waals surface area (Å²) in [5, 5.41) is 6.38. The van der Waals surface area contributed by atoms with Gasteiger partial charge in [0.1, 0.15) is 11.9 Å². The van der Waals surface area contributed by atoms with Crippen LogP contribution < -0.4 is 10.6 Å². The minimum Gasteiger partial charge on any atom is -0.381 e. The number of hydrogen-bond acceptors (Lipinski definition) is 8. The molecular weight excluding hydrogens is 749 g/mol. The molecule has 304 valence electrons. The summed E-state index contributed by atoms with van der Waals surface area (Å²) in [7, 11) is 0. The molecule has 0 radical (unpaired) electrons. The molecule has 2 aromatic heterocycles.